The third-order valence-electron chi connectivity index (χ3n) is 2.14. The minimum atomic E-state index is -0.574. The van der Waals surface area contributed by atoms with Crippen LogP contribution in [0.2, 0.25) is 0 Å². The SMILES string of the molecule is Cc1c(F)cc2c(ncn2C)c1F. The van der Waals surface area contributed by atoms with Crippen LogP contribution in [0.15, 0.2) is 12.4 Å². The molecule has 1 heterocycles. The van der Waals surface area contributed by atoms with E-state index >= 15 is 0 Å². The molecule has 2 aromatic rings. The van der Waals surface area contributed by atoms with E-state index < -0.39 is 11.6 Å². The summed E-state index contributed by atoms with van der Waals surface area (Å²) in [4.78, 5) is 3.84. The molecule has 0 amide bonds. The second-order valence-corrected chi connectivity index (χ2v) is 3.02. The molecule has 0 saturated carbocycles. The van der Waals surface area contributed by atoms with Crippen molar-refractivity contribution in [3.63, 3.8) is 0 Å². The summed E-state index contributed by atoms with van der Waals surface area (Å²) in [6.07, 6.45) is 1.46. The zero-order chi connectivity index (χ0) is 9.59. The Kier molecular flexibility index (Phi) is 1.58. The maximum absolute atomic E-state index is 13.4. The van der Waals surface area contributed by atoms with Crippen LogP contribution in [0.5, 0.6) is 0 Å². The van der Waals surface area contributed by atoms with Crippen molar-refractivity contribution in [2.24, 2.45) is 7.05 Å². The predicted octanol–water partition coefficient (Wildman–Crippen LogP) is 2.16. The lowest BCUT2D eigenvalue weighted by Gasteiger charge is -2.00. The highest BCUT2D eigenvalue weighted by Gasteiger charge is 2.12. The van der Waals surface area contributed by atoms with Gasteiger partial charge in [0.15, 0.2) is 5.82 Å². The van der Waals surface area contributed by atoms with Crippen LogP contribution in [0.3, 0.4) is 0 Å². The van der Waals surface area contributed by atoms with E-state index in [0.29, 0.717) is 5.52 Å². The fourth-order valence-corrected chi connectivity index (χ4v) is 1.29. The van der Waals surface area contributed by atoms with Crippen LogP contribution < -0.4 is 0 Å². The molecular weight excluding hydrogens is 174 g/mol. The molecule has 1 aromatic heterocycles. The molecule has 0 N–H and O–H groups in total. The number of imidazole rings is 1. The molecule has 0 bridgehead atoms. The van der Waals surface area contributed by atoms with E-state index in [2.05, 4.69) is 4.98 Å². The Hall–Kier alpha value is -1.45. The molecule has 0 unspecified atom stereocenters. The second-order valence-electron chi connectivity index (χ2n) is 3.02. The summed E-state index contributed by atoms with van der Waals surface area (Å²) in [5.41, 5.74) is 0.716. The van der Waals surface area contributed by atoms with E-state index in [1.54, 1.807) is 11.6 Å². The molecule has 2 nitrogen and oxygen atoms in total. The van der Waals surface area contributed by atoms with Crippen molar-refractivity contribution >= 4 is 11.0 Å². The van der Waals surface area contributed by atoms with E-state index in [0.717, 1.165) is 0 Å². The predicted molar refractivity (Wildman–Crippen MR) is 45.4 cm³/mol. The third-order valence-corrected chi connectivity index (χ3v) is 2.14. The van der Waals surface area contributed by atoms with Crippen LogP contribution in [0.25, 0.3) is 11.0 Å². The number of nitrogens with zero attached hydrogens (tertiary/aromatic N) is 2. The normalized spacial score (nSPS) is 11.1. The van der Waals surface area contributed by atoms with Gasteiger partial charge in [0.1, 0.15) is 11.3 Å². The highest BCUT2D eigenvalue weighted by Crippen LogP contribution is 2.21. The molecule has 0 aliphatic rings. The first-order chi connectivity index (χ1) is 6.11. The van der Waals surface area contributed by atoms with Gasteiger partial charge >= 0.3 is 0 Å². The molecule has 0 atom stereocenters. The van der Waals surface area contributed by atoms with Gasteiger partial charge < -0.3 is 4.57 Å². The van der Waals surface area contributed by atoms with Crippen molar-refractivity contribution in [2.75, 3.05) is 0 Å². The summed E-state index contributed by atoms with van der Waals surface area (Å²) in [5.74, 6) is -1.11. The average molecular weight is 182 g/mol. The summed E-state index contributed by atoms with van der Waals surface area (Å²) in [7, 11) is 1.70. The quantitative estimate of drug-likeness (QED) is 0.610. The van der Waals surface area contributed by atoms with Gasteiger partial charge in [-0.3, -0.25) is 0 Å². The first-order valence-corrected chi connectivity index (χ1v) is 3.87. The smallest absolute Gasteiger partial charge is 0.156 e. The minimum absolute atomic E-state index is 0.0196. The van der Waals surface area contributed by atoms with Gasteiger partial charge in [-0.2, -0.15) is 0 Å². The van der Waals surface area contributed by atoms with Gasteiger partial charge in [-0.1, -0.05) is 0 Å². The van der Waals surface area contributed by atoms with Gasteiger partial charge in [-0.05, 0) is 6.92 Å². The Bertz CT molecular complexity index is 474. The number of halogens is 2. The first-order valence-electron chi connectivity index (χ1n) is 3.87. The zero-order valence-corrected chi connectivity index (χ0v) is 7.31. The number of hydrogen-bond donors (Lipinski definition) is 0. The summed E-state index contributed by atoms with van der Waals surface area (Å²) in [5, 5.41) is 0. The van der Waals surface area contributed by atoms with Gasteiger partial charge in [-0.25, -0.2) is 13.8 Å². The molecule has 2 rings (SSSR count). The van der Waals surface area contributed by atoms with E-state index in [9.17, 15) is 8.78 Å². The third kappa shape index (κ3) is 1.02. The van der Waals surface area contributed by atoms with Gasteiger partial charge in [-0.15, -0.1) is 0 Å². The number of benzene rings is 1. The van der Waals surface area contributed by atoms with Gasteiger partial charge in [0.05, 0.1) is 11.8 Å². The van der Waals surface area contributed by atoms with E-state index in [1.807, 2.05) is 0 Å². The molecule has 13 heavy (non-hydrogen) atoms. The van der Waals surface area contributed by atoms with Crippen LogP contribution >= 0.6 is 0 Å². The molecule has 1 aromatic carbocycles. The van der Waals surface area contributed by atoms with Crippen molar-refractivity contribution < 1.29 is 8.78 Å². The van der Waals surface area contributed by atoms with Gasteiger partial charge in [0, 0.05) is 18.7 Å². The number of hydrogen-bond acceptors (Lipinski definition) is 1. The molecule has 0 radical (unpaired) electrons. The highest BCUT2D eigenvalue weighted by atomic mass is 19.1. The van der Waals surface area contributed by atoms with E-state index in [4.69, 9.17) is 0 Å². The van der Waals surface area contributed by atoms with E-state index in [1.165, 1.54) is 19.3 Å². The number of fused-ring (bicyclic) bond motifs is 1. The number of aryl methyl sites for hydroxylation is 1. The van der Waals surface area contributed by atoms with E-state index in [-0.39, 0.29) is 11.1 Å². The first kappa shape index (κ1) is 8.16. The summed E-state index contributed by atoms with van der Waals surface area (Å²) < 4.78 is 28.0. The lowest BCUT2D eigenvalue weighted by atomic mass is 10.2. The molecule has 0 fully saturated rings. The Morgan fingerprint density at radius 3 is 2.77 bits per heavy atom. The maximum atomic E-state index is 13.4. The Labute approximate surface area is 73.8 Å². The van der Waals surface area contributed by atoms with Crippen molar-refractivity contribution in [1.29, 1.82) is 0 Å². The second kappa shape index (κ2) is 2.52. The highest BCUT2D eigenvalue weighted by molar-refractivity contribution is 5.77. The van der Waals surface area contributed by atoms with Gasteiger partial charge in [0.25, 0.3) is 0 Å². The Balaban J connectivity index is 2.96. The zero-order valence-electron chi connectivity index (χ0n) is 7.31. The van der Waals surface area contributed by atoms with Crippen molar-refractivity contribution in [2.45, 2.75) is 6.92 Å². The molecule has 0 spiro atoms. The van der Waals surface area contributed by atoms with Crippen molar-refractivity contribution in [3.8, 4) is 0 Å². The molecule has 4 heteroatoms. The standard InChI is InChI=1S/C9H8F2N2/c1-5-6(10)3-7-9(8(5)11)12-4-13(7)2/h3-4H,1-2H3. The lowest BCUT2D eigenvalue weighted by Crippen LogP contribution is -1.92. The average Bonchev–Trinajstić information content (AvgIpc) is 2.45. The van der Waals surface area contributed by atoms with Crippen LogP contribution in [0.4, 0.5) is 8.78 Å². The van der Waals surface area contributed by atoms with Crippen LogP contribution in [0, 0.1) is 18.6 Å². The molecule has 68 valence electrons. The largest absolute Gasteiger partial charge is 0.334 e. The topological polar surface area (TPSA) is 17.8 Å². The molecule has 0 aliphatic heterocycles. The Morgan fingerprint density at radius 2 is 2.08 bits per heavy atom. The van der Waals surface area contributed by atoms with Crippen LogP contribution in [-0.2, 0) is 7.05 Å². The summed E-state index contributed by atoms with van der Waals surface area (Å²) >= 11 is 0. The Morgan fingerprint density at radius 1 is 1.38 bits per heavy atom. The van der Waals surface area contributed by atoms with Crippen molar-refractivity contribution in [1.82, 2.24) is 9.55 Å². The monoisotopic (exact) mass is 182 g/mol. The van der Waals surface area contributed by atoms with Crippen molar-refractivity contribution in [3.05, 3.63) is 29.6 Å². The molecule has 0 saturated heterocycles. The van der Waals surface area contributed by atoms with Crippen LogP contribution in [0.1, 0.15) is 5.56 Å². The summed E-state index contributed by atoms with van der Waals surface area (Å²) in [6, 6.07) is 1.29. The lowest BCUT2D eigenvalue weighted by molar-refractivity contribution is 0.575. The molecule has 0 aliphatic carbocycles. The maximum Gasteiger partial charge on any atom is 0.156 e. The van der Waals surface area contributed by atoms with Gasteiger partial charge in [0.2, 0.25) is 0 Å². The summed E-state index contributed by atoms with van der Waals surface area (Å²) in [6.45, 7) is 1.40. The number of rotatable bonds is 0. The fraction of sp³-hybridized carbons (Fsp3) is 0.222. The van der Waals surface area contributed by atoms with Crippen LogP contribution in [-0.4, -0.2) is 9.55 Å². The minimum Gasteiger partial charge on any atom is -0.334 e. The molecular formula is C9H8F2N2. The number of aromatic nitrogens is 2. The fourth-order valence-electron chi connectivity index (χ4n) is 1.29.